The topological polar surface area (TPSA) is 98.8 Å². The third-order valence-electron chi connectivity index (χ3n) is 8.22. The third-order valence-corrected chi connectivity index (χ3v) is 12.9. The fraction of sp³-hybridized carbons (Fsp3) is 0.733. The van der Waals surface area contributed by atoms with Gasteiger partial charge in [0.25, 0.3) is 0 Å². The van der Waals surface area contributed by atoms with Gasteiger partial charge in [-0.3, -0.25) is 14.5 Å². The van der Waals surface area contributed by atoms with Gasteiger partial charge >= 0.3 is 0 Å². The Morgan fingerprint density at radius 3 is 2.40 bits per heavy atom. The second-order valence-corrected chi connectivity index (χ2v) is 16.3. The minimum atomic E-state index is -3.55. The number of hydrogen-bond donors (Lipinski definition) is 2. The summed E-state index contributed by atoms with van der Waals surface area (Å²) in [6, 6.07) is 9.05. The van der Waals surface area contributed by atoms with Gasteiger partial charge in [-0.05, 0) is 48.8 Å². The van der Waals surface area contributed by atoms with Crippen molar-refractivity contribution >= 4 is 57.8 Å². The maximum absolute atomic E-state index is 13.6. The summed E-state index contributed by atoms with van der Waals surface area (Å²) in [5.74, 6) is 2.33. The van der Waals surface area contributed by atoms with Crippen LogP contribution in [0.5, 0.6) is 0 Å². The second-order valence-electron chi connectivity index (χ2n) is 12.2. The Morgan fingerprint density at radius 1 is 1.05 bits per heavy atom. The minimum Gasteiger partial charge on any atom is -0.351 e. The Bertz CT molecular complexity index is 1080. The smallest absolute Gasteiger partial charge is 0.243 e. The van der Waals surface area contributed by atoms with Crippen molar-refractivity contribution in [2.75, 3.05) is 42.0 Å². The molecule has 1 aromatic rings. The molecule has 3 fully saturated rings. The standard InChI is InChI=1S/C30H48N4O4S3.ClH/c1-23(2)21-41(37,38)34-22-40-20-28(34)30(36)32-27(19-39-18-25-11-7-4-8-12-25)29(35)31-26-13-15-33(16-14-26)17-24-9-5-3-6-10-24;/h3,5-6,9-10,23,25-28H,4,7-8,11-22H2,1-2H3,(H,31,35)(H,32,36);1H/t27-,28-;/m0./s1. The number of amides is 2. The van der Waals surface area contributed by atoms with Crippen molar-refractivity contribution < 1.29 is 18.0 Å². The maximum atomic E-state index is 13.6. The van der Waals surface area contributed by atoms with Gasteiger partial charge < -0.3 is 10.6 Å². The van der Waals surface area contributed by atoms with Gasteiger partial charge in [0.05, 0.1) is 11.6 Å². The number of thioether (sulfide) groups is 2. The van der Waals surface area contributed by atoms with E-state index < -0.39 is 22.1 Å². The molecule has 2 N–H and O–H groups in total. The minimum absolute atomic E-state index is 0. The number of rotatable bonds is 13. The number of carbonyl (C=O) groups is 2. The molecular weight excluding hydrogens is 612 g/mol. The fourth-order valence-corrected chi connectivity index (χ4v) is 10.8. The van der Waals surface area contributed by atoms with Gasteiger partial charge in [-0.2, -0.15) is 16.1 Å². The normalized spacial score (nSPS) is 22.0. The monoisotopic (exact) mass is 660 g/mol. The van der Waals surface area contributed by atoms with Crippen LogP contribution in [0.1, 0.15) is 64.4 Å². The molecule has 0 aromatic heterocycles. The van der Waals surface area contributed by atoms with Gasteiger partial charge in [-0.1, -0.05) is 63.4 Å². The maximum Gasteiger partial charge on any atom is 0.243 e. The molecule has 3 aliphatic rings. The van der Waals surface area contributed by atoms with Gasteiger partial charge in [0.2, 0.25) is 21.8 Å². The first-order valence-electron chi connectivity index (χ1n) is 15.2. The number of nitrogens with zero attached hydrogens (tertiary/aromatic N) is 2. The van der Waals surface area contributed by atoms with Crippen molar-refractivity contribution in [3.05, 3.63) is 35.9 Å². The van der Waals surface area contributed by atoms with E-state index in [-0.39, 0.29) is 47.8 Å². The number of likely N-dealkylation sites (tertiary alicyclic amines) is 1. The first kappa shape index (κ1) is 35.5. The molecule has 2 aliphatic heterocycles. The largest absolute Gasteiger partial charge is 0.351 e. The van der Waals surface area contributed by atoms with Crippen molar-refractivity contribution in [1.82, 2.24) is 19.8 Å². The van der Waals surface area contributed by atoms with E-state index >= 15 is 0 Å². The number of sulfonamides is 1. The molecule has 2 saturated heterocycles. The van der Waals surface area contributed by atoms with Crippen LogP contribution < -0.4 is 10.6 Å². The molecule has 0 bridgehead atoms. The van der Waals surface area contributed by atoms with E-state index in [2.05, 4.69) is 39.8 Å². The highest BCUT2D eigenvalue weighted by atomic mass is 35.5. The summed E-state index contributed by atoms with van der Waals surface area (Å²) in [7, 11) is -3.55. The lowest BCUT2D eigenvalue weighted by Gasteiger charge is -2.33. The predicted molar refractivity (Wildman–Crippen MR) is 178 cm³/mol. The molecule has 12 heteroatoms. The molecular formula is C30H49ClN4O4S3. The van der Waals surface area contributed by atoms with Crippen molar-refractivity contribution in [2.45, 2.75) is 83.5 Å². The number of halogens is 1. The molecule has 2 amide bonds. The molecule has 2 atom stereocenters. The van der Waals surface area contributed by atoms with Crippen molar-refractivity contribution in [1.29, 1.82) is 0 Å². The predicted octanol–water partition coefficient (Wildman–Crippen LogP) is 4.35. The first-order valence-corrected chi connectivity index (χ1v) is 19.1. The number of benzene rings is 1. The van der Waals surface area contributed by atoms with Gasteiger partial charge in [-0.15, -0.1) is 24.2 Å². The molecule has 42 heavy (non-hydrogen) atoms. The van der Waals surface area contributed by atoms with Gasteiger partial charge in [-0.25, -0.2) is 8.42 Å². The number of piperidine rings is 1. The summed E-state index contributed by atoms with van der Waals surface area (Å²) in [6.45, 7) is 6.47. The number of nitrogens with one attached hydrogen (secondary N) is 2. The Balaban J connectivity index is 0.00000484. The average molecular weight is 661 g/mol. The lowest BCUT2D eigenvalue weighted by molar-refractivity contribution is -0.130. The zero-order chi connectivity index (χ0) is 29.2. The van der Waals surface area contributed by atoms with Crippen LogP contribution in [0, 0.1) is 11.8 Å². The molecule has 0 spiro atoms. The second kappa shape index (κ2) is 17.5. The van der Waals surface area contributed by atoms with Crippen LogP contribution >= 0.6 is 35.9 Å². The van der Waals surface area contributed by atoms with E-state index in [1.54, 1.807) is 11.8 Å². The van der Waals surface area contributed by atoms with Crippen LogP contribution in [0.25, 0.3) is 0 Å². The fourth-order valence-electron chi connectivity index (χ4n) is 5.96. The Kier molecular flexibility index (Phi) is 14.8. The molecule has 1 aromatic carbocycles. The summed E-state index contributed by atoms with van der Waals surface area (Å²) in [5, 5.41) is 6.21. The van der Waals surface area contributed by atoms with Crippen LogP contribution in [0.15, 0.2) is 30.3 Å². The summed E-state index contributed by atoms with van der Waals surface area (Å²) < 4.78 is 27.3. The highest BCUT2D eigenvalue weighted by Gasteiger charge is 2.40. The van der Waals surface area contributed by atoms with E-state index in [0.29, 0.717) is 17.4 Å². The summed E-state index contributed by atoms with van der Waals surface area (Å²) in [5.41, 5.74) is 1.29. The average Bonchev–Trinajstić information content (AvgIpc) is 3.46. The van der Waals surface area contributed by atoms with Gasteiger partial charge in [0.1, 0.15) is 12.1 Å². The van der Waals surface area contributed by atoms with Crippen molar-refractivity contribution in [3.8, 4) is 0 Å². The van der Waals surface area contributed by atoms with Crippen LogP contribution in [0.4, 0.5) is 0 Å². The van der Waals surface area contributed by atoms with Gasteiger partial charge in [0, 0.05) is 37.2 Å². The lowest BCUT2D eigenvalue weighted by atomic mass is 9.91. The molecule has 0 radical (unpaired) electrons. The summed E-state index contributed by atoms with van der Waals surface area (Å²) in [4.78, 5) is 29.4. The summed E-state index contributed by atoms with van der Waals surface area (Å²) >= 11 is 3.19. The van der Waals surface area contributed by atoms with E-state index in [9.17, 15) is 18.0 Å². The Hall–Kier alpha value is -0.980. The highest BCUT2D eigenvalue weighted by Crippen LogP contribution is 2.28. The molecule has 4 rings (SSSR count). The van der Waals surface area contributed by atoms with Crippen LogP contribution in [-0.4, -0.2) is 89.5 Å². The molecule has 1 saturated carbocycles. The Morgan fingerprint density at radius 2 is 1.74 bits per heavy atom. The molecule has 238 valence electrons. The van der Waals surface area contributed by atoms with Crippen molar-refractivity contribution in [3.63, 3.8) is 0 Å². The van der Waals surface area contributed by atoms with Gasteiger partial charge in [0.15, 0.2) is 0 Å². The third kappa shape index (κ3) is 10.9. The summed E-state index contributed by atoms with van der Waals surface area (Å²) in [6.07, 6.45) is 8.06. The molecule has 1 aliphatic carbocycles. The van der Waals surface area contributed by atoms with Crippen LogP contribution in [-0.2, 0) is 26.2 Å². The van der Waals surface area contributed by atoms with Crippen LogP contribution in [0.2, 0.25) is 0 Å². The van der Waals surface area contributed by atoms with E-state index in [1.165, 1.54) is 53.7 Å². The molecule has 0 unspecified atom stereocenters. The number of carbonyl (C=O) groups excluding carboxylic acids is 2. The zero-order valence-corrected chi connectivity index (χ0v) is 28.3. The molecule has 8 nitrogen and oxygen atoms in total. The molecule has 2 heterocycles. The first-order chi connectivity index (χ1) is 19.7. The van der Waals surface area contributed by atoms with Crippen LogP contribution in [0.3, 0.4) is 0 Å². The zero-order valence-electron chi connectivity index (χ0n) is 25.0. The quantitative estimate of drug-likeness (QED) is 0.325. The van der Waals surface area contributed by atoms with E-state index in [4.69, 9.17) is 0 Å². The lowest BCUT2D eigenvalue weighted by Crippen LogP contribution is -2.57. The Labute approximate surface area is 267 Å². The van der Waals surface area contributed by atoms with E-state index in [1.807, 2.05) is 19.9 Å². The number of hydrogen-bond acceptors (Lipinski definition) is 7. The SMILES string of the molecule is CC(C)CS(=O)(=O)N1CSC[C@H]1C(=O)N[C@@H](CSCC1CCCCC1)C(=O)NC1CCN(Cc2ccccc2)CC1.Cl. The van der Waals surface area contributed by atoms with E-state index in [0.717, 1.165) is 38.2 Å². The highest BCUT2D eigenvalue weighted by molar-refractivity contribution is 8.00. The van der Waals surface area contributed by atoms with Crippen molar-refractivity contribution in [2.24, 2.45) is 11.8 Å².